The average molecular weight is 376 g/mol. The molecular formula is C23H24N2O3. The van der Waals surface area contributed by atoms with E-state index in [-0.39, 0.29) is 12.0 Å². The number of amides is 1. The number of aryl methyl sites for hydroxylation is 1. The van der Waals surface area contributed by atoms with E-state index in [0.717, 1.165) is 42.0 Å². The van der Waals surface area contributed by atoms with Gasteiger partial charge in [0.05, 0.1) is 6.10 Å². The first-order valence-corrected chi connectivity index (χ1v) is 9.78. The predicted molar refractivity (Wildman–Crippen MR) is 108 cm³/mol. The Labute approximate surface area is 164 Å². The van der Waals surface area contributed by atoms with Crippen LogP contribution in [-0.4, -0.2) is 30.1 Å². The number of carbonyl (C=O) groups excluding carboxylic acids is 1. The number of carbonyl (C=O) groups is 1. The second-order valence-corrected chi connectivity index (χ2v) is 6.96. The number of nitrogens with one attached hydrogen (secondary N) is 1. The maximum atomic E-state index is 12.2. The Kier molecular flexibility index (Phi) is 5.83. The number of benzene rings is 2. The van der Waals surface area contributed by atoms with Crippen molar-refractivity contribution in [3.63, 3.8) is 0 Å². The van der Waals surface area contributed by atoms with Gasteiger partial charge in [0.15, 0.2) is 11.7 Å². The van der Waals surface area contributed by atoms with Crippen LogP contribution in [0.5, 0.6) is 0 Å². The Morgan fingerprint density at radius 3 is 2.43 bits per heavy atom. The molecule has 5 heteroatoms. The monoisotopic (exact) mass is 376 g/mol. The molecule has 1 fully saturated rings. The SMILES string of the molecule is O=C(CCc1nc(-c2ccccc2)c(-c2ccccc2)o1)NCC1CCCO1. The number of aromatic nitrogens is 1. The van der Waals surface area contributed by atoms with Crippen molar-refractivity contribution >= 4 is 5.91 Å². The van der Waals surface area contributed by atoms with Crippen LogP contribution in [0, 0.1) is 0 Å². The van der Waals surface area contributed by atoms with Crippen molar-refractivity contribution in [2.24, 2.45) is 0 Å². The highest BCUT2D eigenvalue weighted by molar-refractivity contribution is 5.77. The van der Waals surface area contributed by atoms with Gasteiger partial charge in [0, 0.05) is 37.1 Å². The highest BCUT2D eigenvalue weighted by Gasteiger charge is 2.19. The summed E-state index contributed by atoms with van der Waals surface area (Å²) in [6.07, 6.45) is 3.04. The number of hydrogen-bond donors (Lipinski definition) is 1. The molecule has 2 heterocycles. The summed E-state index contributed by atoms with van der Waals surface area (Å²) in [5, 5.41) is 2.95. The molecule has 0 bridgehead atoms. The number of rotatable bonds is 7. The summed E-state index contributed by atoms with van der Waals surface area (Å²) >= 11 is 0. The molecule has 3 aromatic rings. The summed E-state index contributed by atoms with van der Waals surface area (Å²) in [6, 6.07) is 19.9. The van der Waals surface area contributed by atoms with E-state index >= 15 is 0 Å². The largest absolute Gasteiger partial charge is 0.440 e. The minimum absolute atomic E-state index is 0.00350. The highest BCUT2D eigenvalue weighted by Crippen LogP contribution is 2.32. The van der Waals surface area contributed by atoms with E-state index in [9.17, 15) is 4.79 Å². The van der Waals surface area contributed by atoms with Crippen LogP contribution >= 0.6 is 0 Å². The first-order valence-electron chi connectivity index (χ1n) is 9.78. The molecule has 1 saturated heterocycles. The van der Waals surface area contributed by atoms with Crippen LogP contribution in [0.15, 0.2) is 65.1 Å². The molecule has 0 saturated carbocycles. The van der Waals surface area contributed by atoms with Crippen LogP contribution in [0.4, 0.5) is 0 Å². The molecule has 1 unspecified atom stereocenters. The Morgan fingerprint density at radius 2 is 1.75 bits per heavy atom. The lowest BCUT2D eigenvalue weighted by atomic mass is 10.1. The van der Waals surface area contributed by atoms with E-state index in [1.807, 2.05) is 60.7 Å². The number of oxazole rings is 1. The molecule has 28 heavy (non-hydrogen) atoms. The second-order valence-electron chi connectivity index (χ2n) is 6.96. The third-order valence-corrected chi connectivity index (χ3v) is 4.87. The highest BCUT2D eigenvalue weighted by atomic mass is 16.5. The third-order valence-electron chi connectivity index (χ3n) is 4.87. The molecule has 1 aromatic heterocycles. The molecule has 2 aromatic carbocycles. The topological polar surface area (TPSA) is 64.4 Å². The van der Waals surface area contributed by atoms with Gasteiger partial charge < -0.3 is 14.5 Å². The zero-order valence-electron chi connectivity index (χ0n) is 15.8. The summed E-state index contributed by atoms with van der Waals surface area (Å²) in [5.41, 5.74) is 2.78. The molecule has 4 rings (SSSR count). The van der Waals surface area contributed by atoms with Crippen LogP contribution < -0.4 is 5.32 Å². The Bertz CT molecular complexity index is 843. The number of ether oxygens (including phenoxy) is 1. The Hall–Kier alpha value is -2.92. The molecule has 1 N–H and O–H groups in total. The van der Waals surface area contributed by atoms with Crippen molar-refractivity contribution in [2.75, 3.05) is 13.2 Å². The molecule has 1 amide bonds. The van der Waals surface area contributed by atoms with Crippen LogP contribution in [0.3, 0.4) is 0 Å². The molecule has 1 atom stereocenters. The Balaban J connectivity index is 1.47. The van der Waals surface area contributed by atoms with E-state index in [1.165, 1.54) is 0 Å². The summed E-state index contributed by atoms with van der Waals surface area (Å²) in [7, 11) is 0. The van der Waals surface area contributed by atoms with Crippen molar-refractivity contribution in [1.29, 1.82) is 0 Å². The summed E-state index contributed by atoms with van der Waals surface area (Å²) in [5.74, 6) is 1.31. The maximum Gasteiger partial charge on any atom is 0.220 e. The minimum atomic E-state index is -0.00350. The predicted octanol–water partition coefficient (Wildman–Crippen LogP) is 4.24. The van der Waals surface area contributed by atoms with Crippen molar-refractivity contribution < 1.29 is 13.9 Å². The van der Waals surface area contributed by atoms with Crippen molar-refractivity contribution in [1.82, 2.24) is 10.3 Å². The molecule has 0 aliphatic carbocycles. The van der Waals surface area contributed by atoms with Crippen LogP contribution in [0.2, 0.25) is 0 Å². The van der Waals surface area contributed by atoms with E-state index in [2.05, 4.69) is 5.32 Å². The van der Waals surface area contributed by atoms with Crippen molar-refractivity contribution in [2.45, 2.75) is 31.8 Å². The zero-order chi connectivity index (χ0) is 19.2. The maximum absolute atomic E-state index is 12.2. The van der Waals surface area contributed by atoms with Gasteiger partial charge in [-0.15, -0.1) is 0 Å². The van der Waals surface area contributed by atoms with Crippen LogP contribution in [-0.2, 0) is 16.0 Å². The van der Waals surface area contributed by atoms with Gasteiger partial charge in [0.1, 0.15) is 5.69 Å². The Morgan fingerprint density at radius 1 is 1.04 bits per heavy atom. The lowest BCUT2D eigenvalue weighted by Crippen LogP contribution is -2.31. The second kappa shape index (κ2) is 8.85. The lowest BCUT2D eigenvalue weighted by Gasteiger charge is -2.10. The molecule has 0 spiro atoms. The first-order chi connectivity index (χ1) is 13.8. The van der Waals surface area contributed by atoms with Gasteiger partial charge in [0.25, 0.3) is 0 Å². The summed E-state index contributed by atoms with van der Waals surface area (Å²) in [4.78, 5) is 16.9. The molecule has 1 aliphatic heterocycles. The van der Waals surface area contributed by atoms with Gasteiger partial charge in [-0.3, -0.25) is 4.79 Å². The smallest absolute Gasteiger partial charge is 0.220 e. The van der Waals surface area contributed by atoms with Gasteiger partial charge >= 0.3 is 0 Å². The van der Waals surface area contributed by atoms with E-state index in [4.69, 9.17) is 14.1 Å². The standard InChI is InChI=1S/C23H24N2O3/c26-20(24-16-19-12-7-15-27-19)13-14-21-25-22(17-8-3-1-4-9-17)23(28-21)18-10-5-2-6-11-18/h1-6,8-11,19H,7,12-16H2,(H,24,26). The molecule has 0 radical (unpaired) electrons. The molecular weight excluding hydrogens is 352 g/mol. The quantitative estimate of drug-likeness (QED) is 0.670. The van der Waals surface area contributed by atoms with Gasteiger partial charge in [-0.05, 0) is 12.8 Å². The molecule has 5 nitrogen and oxygen atoms in total. The molecule has 144 valence electrons. The van der Waals surface area contributed by atoms with E-state index in [0.29, 0.717) is 25.3 Å². The summed E-state index contributed by atoms with van der Waals surface area (Å²) < 4.78 is 11.6. The van der Waals surface area contributed by atoms with Gasteiger partial charge in [-0.2, -0.15) is 0 Å². The fourth-order valence-corrected chi connectivity index (χ4v) is 3.39. The molecule has 1 aliphatic rings. The van der Waals surface area contributed by atoms with E-state index < -0.39 is 0 Å². The zero-order valence-corrected chi connectivity index (χ0v) is 15.8. The lowest BCUT2D eigenvalue weighted by molar-refractivity contribution is -0.121. The van der Waals surface area contributed by atoms with Gasteiger partial charge in [-0.25, -0.2) is 4.98 Å². The minimum Gasteiger partial charge on any atom is -0.440 e. The number of hydrogen-bond acceptors (Lipinski definition) is 4. The fourth-order valence-electron chi connectivity index (χ4n) is 3.39. The number of nitrogens with zero attached hydrogens (tertiary/aromatic N) is 1. The van der Waals surface area contributed by atoms with Gasteiger partial charge in [-0.1, -0.05) is 60.7 Å². The first kappa shape index (κ1) is 18.4. The van der Waals surface area contributed by atoms with Crippen LogP contribution in [0.1, 0.15) is 25.2 Å². The normalized spacial score (nSPS) is 16.2. The van der Waals surface area contributed by atoms with Crippen LogP contribution in [0.25, 0.3) is 22.6 Å². The van der Waals surface area contributed by atoms with Gasteiger partial charge in [0.2, 0.25) is 5.91 Å². The van der Waals surface area contributed by atoms with E-state index in [1.54, 1.807) is 0 Å². The average Bonchev–Trinajstić information content (AvgIpc) is 3.42. The van der Waals surface area contributed by atoms with Crippen molar-refractivity contribution in [3.05, 3.63) is 66.6 Å². The van der Waals surface area contributed by atoms with Crippen molar-refractivity contribution in [3.8, 4) is 22.6 Å². The fraction of sp³-hybridized carbons (Fsp3) is 0.304. The third kappa shape index (κ3) is 4.49. The summed E-state index contributed by atoms with van der Waals surface area (Å²) in [6.45, 7) is 1.37.